The van der Waals surface area contributed by atoms with Crippen LogP contribution in [0.3, 0.4) is 0 Å². The smallest absolute Gasteiger partial charge is 0.343 e. The largest absolute Gasteiger partial charge is 0.458 e. The van der Waals surface area contributed by atoms with Crippen molar-refractivity contribution in [1.29, 1.82) is 0 Å². The third-order valence-electron chi connectivity index (χ3n) is 6.59. The third-order valence-corrected chi connectivity index (χ3v) is 6.59. The molecule has 0 radical (unpaired) electrons. The Labute approximate surface area is 184 Å². The summed E-state index contributed by atoms with van der Waals surface area (Å²) in [6, 6.07) is 7.55. The molecule has 2 aliphatic rings. The lowest BCUT2D eigenvalue weighted by Crippen LogP contribution is -2.45. The van der Waals surface area contributed by atoms with Crippen LogP contribution < -0.4 is 10.5 Å². The first-order valence-corrected chi connectivity index (χ1v) is 10.7. The molecule has 2 aliphatic heterocycles. The number of rotatable bonds is 4. The number of nitrogens with zero attached hydrogens (tertiary/aromatic N) is 3. The van der Waals surface area contributed by atoms with E-state index in [1.165, 1.54) is 0 Å². The summed E-state index contributed by atoms with van der Waals surface area (Å²) >= 11 is 0. The van der Waals surface area contributed by atoms with Crippen molar-refractivity contribution in [3.63, 3.8) is 0 Å². The van der Waals surface area contributed by atoms with Crippen LogP contribution in [0.1, 0.15) is 35.6 Å². The van der Waals surface area contributed by atoms with Gasteiger partial charge in [-0.3, -0.25) is 9.18 Å². The Morgan fingerprint density at radius 2 is 2.06 bits per heavy atom. The zero-order valence-corrected chi connectivity index (χ0v) is 18.2. The third kappa shape index (κ3) is 2.65. The van der Waals surface area contributed by atoms with Crippen molar-refractivity contribution >= 4 is 22.6 Å². The van der Waals surface area contributed by atoms with E-state index in [4.69, 9.17) is 9.72 Å². The zero-order valence-electron chi connectivity index (χ0n) is 18.2. The molecule has 0 saturated heterocycles. The number of carbonyl (C=O) groups excluding carboxylic acids is 1. The quantitative estimate of drug-likeness (QED) is 0.494. The number of alkyl halides is 1. The number of esters is 1. The minimum Gasteiger partial charge on any atom is -0.458 e. The first-order chi connectivity index (χ1) is 15.3. The Morgan fingerprint density at radius 3 is 2.75 bits per heavy atom. The highest BCUT2D eigenvalue weighted by atomic mass is 19.1. The fourth-order valence-electron chi connectivity index (χ4n) is 5.01. The van der Waals surface area contributed by atoms with Crippen molar-refractivity contribution in [2.45, 2.75) is 38.5 Å². The maximum absolute atomic E-state index is 13.4. The van der Waals surface area contributed by atoms with Crippen LogP contribution in [-0.4, -0.2) is 41.4 Å². The molecule has 1 N–H and O–H groups in total. The average molecular weight is 437 g/mol. The van der Waals surface area contributed by atoms with Crippen LogP contribution in [0.2, 0.25) is 0 Å². The summed E-state index contributed by atoms with van der Waals surface area (Å²) in [4.78, 5) is 32.6. The van der Waals surface area contributed by atoms with E-state index in [9.17, 15) is 19.1 Å². The molecule has 3 aromatic rings. The number of hydrogen-bond donors (Lipinski definition) is 1. The topological polar surface area (TPSA) is 84.7 Å². The standard InChI is InChI=1S/C24H24FN3O4/c1-4-13-14-11-28-19(21(14)26-17-6-5-7-18(20(13)17)27(2)3)10-16-15(22(28)29)12-32-23(30)24(16,31)8-9-25/h5-7,10,31H,4,8-9,11-12H2,1-3H3. The fraction of sp³-hybridized carbons (Fsp3) is 0.375. The van der Waals surface area contributed by atoms with E-state index in [-0.39, 0.29) is 23.3 Å². The van der Waals surface area contributed by atoms with Crippen molar-refractivity contribution in [2.24, 2.45) is 0 Å². The molecule has 0 bridgehead atoms. The number of aromatic nitrogens is 2. The number of cyclic esters (lactones) is 1. The number of hydrogen-bond acceptors (Lipinski definition) is 6. The van der Waals surface area contributed by atoms with Crippen LogP contribution >= 0.6 is 0 Å². The maximum Gasteiger partial charge on any atom is 0.343 e. The predicted molar refractivity (Wildman–Crippen MR) is 119 cm³/mol. The number of fused-ring (bicyclic) bond motifs is 5. The normalized spacial score (nSPS) is 18.8. The van der Waals surface area contributed by atoms with Crippen LogP contribution in [0.15, 0.2) is 29.1 Å². The molecule has 0 aliphatic carbocycles. The Morgan fingerprint density at radius 1 is 1.28 bits per heavy atom. The van der Waals surface area contributed by atoms with Gasteiger partial charge in [0.05, 0.1) is 35.7 Å². The van der Waals surface area contributed by atoms with Gasteiger partial charge in [0.25, 0.3) is 5.56 Å². The van der Waals surface area contributed by atoms with Gasteiger partial charge in [-0.1, -0.05) is 13.0 Å². The lowest BCUT2D eigenvalue weighted by Gasteiger charge is -2.32. The lowest BCUT2D eigenvalue weighted by atomic mass is 9.85. The van der Waals surface area contributed by atoms with Crippen LogP contribution in [0.4, 0.5) is 10.1 Å². The second-order valence-electron chi connectivity index (χ2n) is 8.53. The van der Waals surface area contributed by atoms with Crippen LogP contribution in [0.5, 0.6) is 0 Å². The van der Waals surface area contributed by atoms with Crippen molar-refractivity contribution in [1.82, 2.24) is 9.55 Å². The van der Waals surface area contributed by atoms with Crippen molar-refractivity contribution < 1.29 is 19.0 Å². The van der Waals surface area contributed by atoms with E-state index >= 15 is 0 Å². The summed E-state index contributed by atoms with van der Waals surface area (Å²) in [6.07, 6.45) is 0.286. The van der Waals surface area contributed by atoms with Gasteiger partial charge in [0, 0.05) is 42.7 Å². The number of aliphatic hydroxyl groups is 1. The van der Waals surface area contributed by atoms with Gasteiger partial charge in [-0.25, -0.2) is 9.78 Å². The molecule has 5 rings (SSSR count). The summed E-state index contributed by atoms with van der Waals surface area (Å²) in [5.41, 5.74) is 2.90. The van der Waals surface area contributed by atoms with Crippen molar-refractivity contribution in [3.8, 4) is 11.4 Å². The number of halogens is 1. The Kier molecular flexibility index (Phi) is 4.60. The minimum absolute atomic E-state index is 0.123. The van der Waals surface area contributed by atoms with Crippen LogP contribution in [0.25, 0.3) is 22.3 Å². The summed E-state index contributed by atoms with van der Waals surface area (Å²) < 4.78 is 19.9. The first kappa shape index (κ1) is 20.6. The number of ether oxygens (including phenoxy) is 1. The van der Waals surface area contributed by atoms with Crippen molar-refractivity contribution in [3.05, 3.63) is 56.9 Å². The highest BCUT2D eigenvalue weighted by Crippen LogP contribution is 2.41. The molecular formula is C24H24FN3O4. The van der Waals surface area contributed by atoms with Gasteiger partial charge < -0.3 is 19.3 Å². The number of pyridine rings is 2. The number of aryl methyl sites for hydroxylation is 1. The summed E-state index contributed by atoms with van der Waals surface area (Å²) in [5.74, 6) is -0.929. The van der Waals surface area contributed by atoms with E-state index < -0.39 is 24.7 Å². The molecule has 1 unspecified atom stereocenters. The SMILES string of the molecule is CCc1c2c(nc3cccc(N(C)C)c13)-c1cc3c(c(=O)n1C2)COC(=O)C3(O)CCF. The Bertz CT molecular complexity index is 1350. The van der Waals surface area contributed by atoms with E-state index in [2.05, 4.69) is 6.92 Å². The Hall–Kier alpha value is -3.26. The average Bonchev–Trinajstić information content (AvgIpc) is 3.13. The molecule has 0 spiro atoms. The maximum atomic E-state index is 13.4. The number of benzene rings is 1. The predicted octanol–water partition coefficient (Wildman–Crippen LogP) is 2.66. The highest BCUT2D eigenvalue weighted by molar-refractivity contribution is 5.97. The Balaban J connectivity index is 1.82. The molecule has 8 heteroatoms. The molecule has 2 aromatic heterocycles. The molecule has 4 heterocycles. The van der Waals surface area contributed by atoms with E-state index in [0.717, 1.165) is 34.1 Å². The van der Waals surface area contributed by atoms with E-state index in [1.54, 1.807) is 10.6 Å². The second-order valence-corrected chi connectivity index (χ2v) is 8.53. The lowest BCUT2D eigenvalue weighted by molar-refractivity contribution is -0.173. The molecule has 1 aromatic carbocycles. The monoisotopic (exact) mass is 437 g/mol. The van der Waals surface area contributed by atoms with Gasteiger partial charge in [-0.05, 0) is 30.2 Å². The number of anilines is 1. The molecule has 1 atom stereocenters. The molecule has 32 heavy (non-hydrogen) atoms. The van der Waals surface area contributed by atoms with E-state index in [1.807, 2.05) is 37.2 Å². The summed E-state index contributed by atoms with van der Waals surface area (Å²) in [6.45, 7) is 1.26. The molecule has 166 valence electrons. The summed E-state index contributed by atoms with van der Waals surface area (Å²) in [7, 11) is 3.97. The van der Waals surface area contributed by atoms with Gasteiger partial charge in [0.15, 0.2) is 5.60 Å². The molecule has 0 saturated carbocycles. The van der Waals surface area contributed by atoms with Crippen LogP contribution in [-0.2, 0) is 34.7 Å². The minimum atomic E-state index is -2.18. The first-order valence-electron chi connectivity index (χ1n) is 10.7. The highest BCUT2D eigenvalue weighted by Gasteiger charge is 2.46. The van der Waals surface area contributed by atoms with Crippen molar-refractivity contribution in [2.75, 3.05) is 25.7 Å². The van der Waals surface area contributed by atoms with Gasteiger partial charge >= 0.3 is 5.97 Å². The molecule has 7 nitrogen and oxygen atoms in total. The number of carbonyl (C=O) groups is 1. The molecule has 0 fully saturated rings. The van der Waals surface area contributed by atoms with Gasteiger partial charge in [0.2, 0.25) is 0 Å². The summed E-state index contributed by atoms with van der Waals surface area (Å²) in [5, 5.41) is 12.0. The van der Waals surface area contributed by atoms with Gasteiger partial charge in [0.1, 0.15) is 6.61 Å². The zero-order chi connectivity index (χ0) is 22.8. The second kappa shape index (κ2) is 7.13. The van der Waals surface area contributed by atoms with E-state index in [0.29, 0.717) is 17.9 Å². The fourth-order valence-corrected chi connectivity index (χ4v) is 5.01. The molecule has 0 amide bonds. The molecular weight excluding hydrogens is 413 g/mol. The van der Waals surface area contributed by atoms with Crippen LogP contribution in [0, 0.1) is 0 Å². The van der Waals surface area contributed by atoms with Gasteiger partial charge in [-0.15, -0.1) is 0 Å². The van der Waals surface area contributed by atoms with Gasteiger partial charge in [-0.2, -0.15) is 0 Å².